The molecular formula is C20H19N3O. The van der Waals surface area contributed by atoms with Crippen molar-refractivity contribution < 1.29 is 4.74 Å². The van der Waals surface area contributed by atoms with Crippen molar-refractivity contribution in [3.05, 3.63) is 59.3 Å². The van der Waals surface area contributed by atoms with E-state index in [9.17, 15) is 0 Å². The summed E-state index contributed by atoms with van der Waals surface area (Å²) < 4.78 is 6.26. The summed E-state index contributed by atoms with van der Waals surface area (Å²) in [4.78, 5) is 2.25. The van der Waals surface area contributed by atoms with Gasteiger partial charge in [0.2, 0.25) is 0 Å². The van der Waals surface area contributed by atoms with Crippen LogP contribution < -0.4 is 10.1 Å². The van der Waals surface area contributed by atoms with Gasteiger partial charge in [-0.15, -0.1) is 0 Å². The summed E-state index contributed by atoms with van der Waals surface area (Å²) in [5, 5.41) is 12.4. The summed E-state index contributed by atoms with van der Waals surface area (Å²) in [6, 6.07) is 14.2. The zero-order valence-electron chi connectivity index (χ0n) is 13.6. The molecule has 0 spiro atoms. The van der Waals surface area contributed by atoms with E-state index in [1.807, 2.05) is 30.5 Å². The molecule has 24 heavy (non-hydrogen) atoms. The molecule has 1 N–H and O–H groups in total. The number of fused-ring (bicyclic) bond motifs is 1. The minimum absolute atomic E-state index is 0.255. The van der Waals surface area contributed by atoms with E-state index in [2.05, 4.69) is 41.5 Å². The highest BCUT2D eigenvalue weighted by atomic mass is 16.5. The molecule has 0 unspecified atom stereocenters. The lowest BCUT2D eigenvalue weighted by Gasteiger charge is -2.36. The lowest BCUT2D eigenvalue weighted by molar-refractivity contribution is 0.0381. The lowest BCUT2D eigenvalue weighted by Crippen LogP contribution is -2.51. The quantitative estimate of drug-likeness (QED) is 0.945. The first-order chi connectivity index (χ1) is 11.7. The molecule has 1 saturated heterocycles. The van der Waals surface area contributed by atoms with E-state index < -0.39 is 0 Å². The number of nitrogens with zero attached hydrogens (tertiary/aromatic N) is 2. The van der Waals surface area contributed by atoms with Crippen LogP contribution in [-0.4, -0.2) is 31.1 Å². The second kappa shape index (κ2) is 6.03. The molecule has 2 aromatic carbocycles. The number of nitriles is 1. The number of hydrogen-bond donors (Lipinski definition) is 1. The zero-order chi connectivity index (χ0) is 16.5. The molecule has 1 fully saturated rings. The second-order valence-electron chi connectivity index (χ2n) is 6.41. The summed E-state index contributed by atoms with van der Waals surface area (Å²) in [6.45, 7) is 2.71. The highest BCUT2D eigenvalue weighted by Crippen LogP contribution is 2.34. The number of benzene rings is 2. The average Bonchev–Trinajstić information content (AvgIpc) is 2.60. The highest BCUT2D eigenvalue weighted by Gasteiger charge is 2.26. The van der Waals surface area contributed by atoms with Crippen molar-refractivity contribution in [3.63, 3.8) is 0 Å². The van der Waals surface area contributed by atoms with Gasteiger partial charge in [-0.05, 0) is 60.3 Å². The van der Waals surface area contributed by atoms with E-state index >= 15 is 0 Å². The number of ether oxygens (including phenoxy) is 1. The van der Waals surface area contributed by atoms with Crippen molar-refractivity contribution in [2.75, 3.05) is 20.1 Å². The first-order valence-corrected chi connectivity index (χ1v) is 8.15. The number of hydrogen-bond acceptors (Lipinski definition) is 4. The first kappa shape index (κ1) is 14.8. The maximum Gasteiger partial charge on any atom is 0.126 e. The highest BCUT2D eigenvalue weighted by molar-refractivity contribution is 5.73. The van der Waals surface area contributed by atoms with Gasteiger partial charge in [-0.25, -0.2) is 0 Å². The monoisotopic (exact) mass is 317 g/mol. The van der Waals surface area contributed by atoms with E-state index in [1.54, 1.807) is 0 Å². The minimum Gasteiger partial charge on any atom is -0.487 e. The fraction of sp³-hybridized carbons (Fsp3) is 0.250. The van der Waals surface area contributed by atoms with Crippen LogP contribution in [0.1, 0.15) is 16.7 Å². The molecule has 0 aliphatic carbocycles. The third-order valence-corrected chi connectivity index (χ3v) is 4.55. The Hall–Kier alpha value is -2.77. The van der Waals surface area contributed by atoms with Crippen LogP contribution in [0, 0.1) is 11.3 Å². The van der Waals surface area contributed by atoms with Crippen LogP contribution in [0.4, 0.5) is 0 Å². The third kappa shape index (κ3) is 2.75. The van der Waals surface area contributed by atoms with Crippen molar-refractivity contribution >= 4 is 6.08 Å². The maximum atomic E-state index is 9.14. The van der Waals surface area contributed by atoms with Gasteiger partial charge in [-0.1, -0.05) is 12.1 Å². The fourth-order valence-corrected chi connectivity index (χ4v) is 3.25. The van der Waals surface area contributed by atoms with Crippen LogP contribution in [0.25, 0.3) is 17.2 Å². The first-order valence-electron chi connectivity index (χ1n) is 8.15. The molecule has 2 heterocycles. The third-order valence-electron chi connectivity index (χ3n) is 4.55. The molecule has 4 rings (SSSR count). The Morgan fingerprint density at radius 3 is 2.88 bits per heavy atom. The molecular weight excluding hydrogens is 298 g/mol. The van der Waals surface area contributed by atoms with Crippen molar-refractivity contribution in [2.45, 2.75) is 12.6 Å². The van der Waals surface area contributed by atoms with E-state index in [0.717, 1.165) is 36.5 Å². The van der Waals surface area contributed by atoms with Gasteiger partial charge in [0, 0.05) is 25.2 Å². The molecule has 2 aliphatic rings. The number of nitrogens with one attached hydrogen (secondary N) is 1. The molecule has 0 bridgehead atoms. The van der Waals surface area contributed by atoms with Crippen LogP contribution in [0.5, 0.6) is 5.75 Å². The normalized spacial score (nSPS) is 16.7. The second-order valence-corrected chi connectivity index (χ2v) is 6.41. The Kier molecular flexibility index (Phi) is 3.72. The van der Waals surface area contributed by atoms with Gasteiger partial charge < -0.3 is 10.1 Å². The van der Waals surface area contributed by atoms with Crippen LogP contribution in [-0.2, 0) is 6.54 Å². The zero-order valence-corrected chi connectivity index (χ0v) is 13.6. The largest absolute Gasteiger partial charge is 0.487 e. The Balaban J connectivity index is 1.75. The molecule has 2 aromatic rings. The lowest BCUT2D eigenvalue weighted by atomic mass is 9.95. The van der Waals surface area contributed by atoms with Crippen LogP contribution in [0.2, 0.25) is 0 Å². The molecule has 0 saturated carbocycles. The van der Waals surface area contributed by atoms with Gasteiger partial charge in [-0.2, -0.15) is 5.26 Å². The van der Waals surface area contributed by atoms with Gasteiger partial charge in [0.1, 0.15) is 11.9 Å². The van der Waals surface area contributed by atoms with Crippen molar-refractivity contribution in [3.8, 4) is 22.9 Å². The summed E-state index contributed by atoms with van der Waals surface area (Å²) in [6.07, 6.45) is 4.31. The summed E-state index contributed by atoms with van der Waals surface area (Å²) in [7, 11) is 2.10. The number of likely N-dealkylation sites (N-methyl/N-ethyl adjacent to an activating group) is 1. The Bertz CT molecular complexity index is 844. The van der Waals surface area contributed by atoms with Crippen LogP contribution >= 0.6 is 0 Å². The summed E-state index contributed by atoms with van der Waals surface area (Å²) in [5.74, 6) is 0.944. The number of likely N-dealkylation sites (tertiary alicyclic amines) is 1. The summed E-state index contributed by atoms with van der Waals surface area (Å²) >= 11 is 0. The molecule has 4 nitrogen and oxygen atoms in total. The Morgan fingerprint density at radius 2 is 2.08 bits per heavy atom. The van der Waals surface area contributed by atoms with Crippen molar-refractivity contribution in [1.82, 2.24) is 10.2 Å². The molecule has 0 atom stereocenters. The smallest absolute Gasteiger partial charge is 0.126 e. The van der Waals surface area contributed by atoms with Gasteiger partial charge >= 0.3 is 0 Å². The van der Waals surface area contributed by atoms with Crippen molar-refractivity contribution in [2.24, 2.45) is 0 Å². The van der Waals surface area contributed by atoms with Gasteiger partial charge in [0.05, 0.1) is 11.6 Å². The fourth-order valence-electron chi connectivity index (χ4n) is 3.25. The molecule has 0 amide bonds. The Morgan fingerprint density at radius 1 is 1.21 bits per heavy atom. The standard InChI is InChI=1S/C20H19N3O/c1-23-12-18(13-23)24-20-9-17(8-16-5-6-22-11-19(16)20)15-4-2-3-14(7-15)10-21/h2-9,18,22H,11-13H2,1H3. The minimum atomic E-state index is 0.255. The summed E-state index contributed by atoms with van der Waals surface area (Å²) in [5.41, 5.74) is 5.17. The molecule has 2 aliphatic heterocycles. The Labute approximate surface area is 142 Å². The maximum absolute atomic E-state index is 9.14. The van der Waals surface area contributed by atoms with Gasteiger partial charge in [0.15, 0.2) is 0 Å². The van der Waals surface area contributed by atoms with Crippen molar-refractivity contribution in [1.29, 1.82) is 5.26 Å². The number of rotatable bonds is 3. The predicted molar refractivity (Wildman–Crippen MR) is 94.4 cm³/mol. The topological polar surface area (TPSA) is 48.3 Å². The van der Waals surface area contributed by atoms with E-state index in [0.29, 0.717) is 5.56 Å². The average molecular weight is 317 g/mol. The van der Waals surface area contributed by atoms with Gasteiger partial charge in [0.25, 0.3) is 0 Å². The van der Waals surface area contributed by atoms with E-state index in [4.69, 9.17) is 10.00 Å². The van der Waals surface area contributed by atoms with E-state index in [1.165, 1.54) is 11.1 Å². The van der Waals surface area contributed by atoms with Crippen LogP contribution in [0.3, 0.4) is 0 Å². The molecule has 0 radical (unpaired) electrons. The SMILES string of the molecule is CN1CC(Oc2cc(-c3cccc(C#N)c3)cc3c2CNC=C3)C1. The molecule has 4 heteroatoms. The van der Waals surface area contributed by atoms with Gasteiger partial charge in [-0.3, -0.25) is 4.90 Å². The predicted octanol–water partition coefficient (Wildman–Crippen LogP) is 2.99. The van der Waals surface area contributed by atoms with Crippen LogP contribution in [0.15, 0.2) is 42.6 Å². The molecule has 0 aromatic heterocycles. The molecule has 120 valence electrons. The van der Waals surface area contributed by atoms with E-state index in [-0.39, 0.29) is 6.10 Å².